The van der Waals surface area contributed by atoms with E-state index in [1.54, 1.807) is 12.2 Å². The molecule has 0 fully saturated rings. The quantitative estimate of drug-likeness (QED) is 0.567. The first kappa shape index (κ1) is 12.7. The molecule has 1 atom stereocenters. The zero-order valence-electron chi connectivity index (χ0n) is 10.1. The van der Waals surface area contributed by atoms with E-state index >= 15 is 0 Å². The lowest BCUT2D eigenvalue weighted by atomic mass is 9.87. The molecule has 1 aromatic heterocycles. The number of rotatable bonds is 4. The predicted octanol–water partition coefficient (Wildman–Crippen LogP) is 1.11. The summed E-state index contributed by atoms with van der Waals surface area (Å²) in [5.74, 6) is 0. The average Bonchev–Trinajstić information content (AvgIpc) is 2.46. The SMILES string of the molecule is Cn1ccc([B]OC(C)(C)C(C)(C)P)n1. The van der Waals surface area contributed by atoms with Gasteiger partial charge in [-0.05, 0) is 19.9 Å². The summed E-state index contributed by atoms with van der Waals surface area (Å²) >= 11 is 0. The standard InChI is InChI=1S/C10H19BN2OP/c1-9(2,10(3,4)15)14-11-8-6-7-13(5)12-8/h6-7H,15H2,1-5H3. The molecule has 0 saturated carbocycles. The summed E-state index contributed by atoms with van der Waals surface area (Å²) in [6.45, 7) is 8.40. The predicted molar refractivity (Wildman–Crippen MR) is 67.5 cm³/mol. The van der Waals surface area contributed by atoms with Gasteiger partial charge in [0.1, 0.15) is 0 Å². The van der Waals surface area contributed by atoms with Crippen LogP contribution in [0, 0.1) is 0 Å². The normalized spacial score (nSPS) is 12.9. The van der Waals surface area contributed by atoms with E-state index in [-0.39, 0.29) is 10.8 Å². The van der Waals surface area contributed by atoms with Gasteiger partial charge in [-0.15, -0.1) is 9.24 Å². The molecule has 15 heavy (non-hydrogen) atoms. The van der Waals surface area contributed by atoms with Gasteiger partial charge in [0.25, 0.3) is 0 Å². The Morgan fingerprint density at radius 3 is 2.40 bits per heavy atom. The van der Waals surface area contributed by atoms with Crippen molar-refractivity contribution in [2.24, 2.45) is 7.05 Å². The van der Waals surface area contributed by atoms with Gasteiger partial charge in [0.05, 0.1) is 11.2 Å². The van der Waals surface area contributed by atoms with E-state index in [9.17, 15) is 0 Å². The molecule has 1 rings (SSSR count). The first-order valence-electron chi connectivity index (χ1n) is 5.02. The van der Waals surface area contributed by atoms with Crippen LogP contribution in [0.2, 0.25) is 0 Å². The van der Waals surface area contributed by atoms with E-state index in [1.807, 2.05) is 19.3 Å². The molecule has 1 heterocycles. The lowest BCUT2D eigenvalue weighted by Gasteiger charge is -2.38. The maximum Gasteiger partial charge on any atom is 0.354 e. The molecule has 1 unspecified atom stereocenters. The van der Waals surface area contributed by atoms with Crippen molar-refractivity contribution in [2.75, 3.05) is 0 Å². The van der Waals surface area contributed by atoms with Crippen LogP contribution < -0.4 is 5.59 Å². The maximum absolute atomic E-state index is 5.77. The fourth-order valence-corrected chi connectivity index (χ4v) is 0.923. The number of nitrogens with zero attached hydrogens (tertiary/aromatic N) is 2. The van der Waals surface area contributed by atoms with Crippen molar-refractivity contribution in [1.29, 1.82) is 0 Å². The molecule has 5 heteroatoms. The topological polar surface area (TPSA) is 27.1 Å². The van der Waals surface area contributed by atoms with Gasteiger partial charge in [0.2, 0.25) is 0 Å². The maximum atomic E-state index is 5.77. The van der Waals surface area contributed by atoms with Gasteiger partial charge in [0.15, 0.2) is 0 Å². The largest absolute Gasteiger partial charge is 0.427 e. The van der Waals surface area contributed by atoms with Crippen LogP contribution in [0.3, 0.4) is 0 Å². The van der Waals surface area contributed by atoms with E-state index in [4.69, 9.17) is 4.65 Å². The third kappa shape index (κ3) is 3.32. The van der Waals surface area contributed by atoms with Gasteiger partial charge in [-0.1, -0.05) is 13.8 Å². The van der Waals surface area contributed by atoms with Crippen molar-refractivity contribution < 1.29 is 4.65 Å². The van der Waals surface area contributed by atoms with Crippen LogP contribution in [-0.4, -0.2) is 28.0 Å². The van der Waals surface area contributed by atoms with Gasteiger partial charge < -0.3 is 4.65 Å². The lowest BCUT2D eigenvalue weighted by Crippen LogP contribution is -2.45. The fraction of sp³-hybridized carbons (Fsp3) is 0.700. The van der Waals surface area contributed by atoms with Gasteiger partial charge in [-0.2, -0.15) is 5.10 Å². The van der Waals surface area contributed by atoms with Crippen LogP contribution in [0.15, 0.2) is 12.3 Å². The third-order valence-corrected chi connectivity index (χ3v) is 3.46. The summed E-state index contributed by atoms with van der Waals surface area (Å²) < 4.78 is 7.53. The molecule has 0 saturated heterocycles. The van der Waals surface area contributed by atoms with Crippen molar-refractivity contribution in [2.45, 2.75) is 38.5 Å². The van der Waals surface area contributed by atoms with Crippen molar-refractivity contribution in [3.05, 3.63) is 12.3 Å². The zero-order chi connectivity index (χ0) is 11.7. The van der Waals surface area contributed by atoms with Crippen LogP contribution in [-0.2, 0) is 11.7 Å². The van der Waals surface area contributed by atoms with Crippen molar-refractivity contribution in [1.82, 2.24) is 9.78 Å². The second-order valence-electron chi connectivity index (χ2n) is 4.88. The molecule has 0 aromatic carbocycles. The molecule has 0 amide bonds. The summed E-state index contributed by atoms with van der Waals surface area (Å²) in [6.07, 6.45) is 1.90. The van der Waals surface area contributed by atoms with Crippen LogP contribution in [0.4, 0.5) is 0 Å². The second kappa shape index (κ2) is 4.27. The fourth-order valence-electron chi connectivity index (χ4n) is 0.855. The molecule has 0 aliphatic heterocycles. The van der Waals surface area contributed by atoms with Crippen LogP contribution >= 0.6 is 9.24 Å². The summed E-state index contributed by atoms with van der Waals surface area (Å²) in [5.41, 5.74) is 0.606. The number of hydrogen-bond acceptors (Lipinski definition) is 2. The summed E-state index contributed by atoms with van der Waals surface area (Å²) in [5, 5.41) is 4.24. The molecule has 0 aliphatic carbocycles. The molecule has 1 radical (unpaired) electrons. The van der Waals surface area contributed by atoms with Crippen LogP contribution in [0.25, 0.3) is 0 Å². The molecule has 0 spiro atoms. The Hall–Kier alpha value is -0.335. The Labute approximate surface area is 95.1 Å². The first-order chi connectivity index (χ1) is 6.72. The summed E-state index contributed by atoms with van der Waals surface area (Å²) in [7, 11) is 6.41. The Balaban J connectivity index is 2.57. The number of aromatic nitrogens is 2. The minimum absolute atomic E-state index is 0.0122. The van der Waals surface area contributed by atoms with Crippen molar-refractivity contribution in [3.8, 4) is 0 Å². The molecule has 3 nitrogen and oxygen atoms in total. The molecule has 83 valence electrons. The molecule has 0 aliphatic rings. The third-order valence-electron chi connectivity index (χ3n) is 2.76. The van der Waals surface area contributed by atoms with Crippen molar-refractivity contribution in [3.63, 3.8) is 0 Å². The van der Waals surface area contributed by atoms with E-state index in [0.29, 0.717) is 0 Å². The summed E-state index contributed by atoms with van der Waals surface area (Å²) in [6, 6.07) is 1.92. The smallest absolute Gasteiger partial charge is 0.354 e. The molecule has 0 bridgehead atoms. The van der Waals surface area contributed by atoms with Gasteiger partial charge >= 0.3 is 7.48 Å². The van der Waals surface area contributed by atoms with E-state index in [2.05, 4.69) is 42.0 Å². The monoisotopic (exact) mass is 225 g/mol. The number of hydrogen-bond donors (Lipinski definition) is 0. The van der Waals surface area contributed by atoms with E-state index < -0.39 is 0 Å². The van der Waals surface area contributed by atoms with Crippen molar-refractivity contribution >= 4 is 22.3 Å². The van der Waals surface area contributed by atoms with Gasteiger partial charge in [0, 0.05) is 18.4 Å². The molecular formula is C10H19BN2OP. The number of aryl methyl sites for hydroxylation is 1. The van der Waals surface area contributed by atoms with E-state index in [0.717, 1.165) is 5.59 Å². The van der Waals surface area contributed by atoms with E-state index in [1.165, 1.54) is 0 Å². The van der Waals surface area contributed by atoms with Gasteiger partial charge in [-0.25, -0.2) is 0 Å². The Morgan fingerprint density at radius 2 is 2.00 bits per heavy atom. The molecular weight excluding hydrogens is 206 g/mol. The Bertz CT molecular complexity index is 330. The lowest BCUT2D eigenvalue weighted by molar-refractivity contribution is 0.0839. The van der Waals surface area contributed by atoms with Crippen LogP contribution in [0.1, 0.15) is 27.7 Å². The van der Waals surface area contributed by atoms with Gasteiger partial charge in [-0.3, -0.25) is 4.68 Å². The molecule has 1 aromatic rings. The minimum Gasteiger partial charge on any atom is -0.427 e. The molecule has 0 N–H and O–H groups in total. The highest BCUT2D eigenvalue weighted by molar-refractivity contribution is 7.19. The second-order valence-corrected chi connectivity index (χ2v) is 6.33. The first-order valence-corrected chi connectivity index (χ1v) is 5.60. The highest BCUT2D eigenvalue weighted by atomic mass is 31.0. The Morgan fingerprint density at radius 1 is 1.40 bits per heavy atom. The Kier molecular flexibility index (Phi) is 3.62. The minimum atomic E-state index is -0.241. The summed E-state index contributed by atoms with van der Waals surface area (Å²) in [4.78, 5) is 0. The van der Waals surface area contributed by atoms with Crippen LogP contribution in [0.5, 0.6) is 0 Å². The average molecular weight is 225 g/mol. The highest BCUT2D eigenvalue weighted by Crippen LogP contribution is 2.32. The zero-order valence-corrected chi connectivity index (χ0v) is 11.3. The highest BCUT2D eigenvalue weighted by Gasteiger charge is 2.33.